The van der Waals surface area contributed by atoms with E-state index in [0.717, 1.165) is 25.7 Å². The van der Waals surface area contributed by atoms with Gasteiger partial charge >= 0.3 is 0 Å². The van der Waals surface area contributed by atoms with E-state index in [1.165, 1.54) is 0 Å². The summed E-state index contributed by atoms with van der Waals surface area (Å²) >= 11 is 0. The fourth-order valence-corrected chi connectivity index (χ4v) is 1.49. The fraction of sp³-hybridized carbons (Fsp3) is 1.00. The first-order valence-corrected chi connectivity index (χ1v) is 4.40. The van der Waals surface area contributed by atoms with E-state index in [9.17, 15) is 0 Å². The molecule has 0 heterocycles. The highest BCUT2D eigenvalue weighted by Gasteiger charge is 2.18. The van der Waals surface area contributed by atoms with Crippen LogP contribution in [0.3, 0.4) is 0 Å². The Hall–Kier alpha value is -0.120. The number of rotatable bonds is 3. The second kappa shape index (κ2) is 4.70. The van der Waals surface area contributed by atoms with Gasteiger partial charge in [-0.1, -0.05) is 0 Å². The van der Waals surface area contributed by atoms with Gasteiger partial charge in [-0.25, -0.2) is 0 Å². The Bertz CT molecular complexity index is 97.5. The number of ether oxygens (including phenoxy) is 1. The summed E-state index contributed by atoms with van der Waals surface area (Å²) in [7, 11) is 0. The maximum Gasteiger partial charge on any atom is 0.0592 e. The minimum atomic E-state index is 0.410. The van der Waals surface area contributed by atoms with Crippen LogP contribution >= 0.6 is 0 Å². The van der Waals surface area contributed by atoms with Crippen molar-refractivity contribution in [2.75, 3.05) is 13.2 Å². The predicted octanol–water partition coefficient (Wildman–Crippen LogP) is 0.232. The van der Waals surface area contributed by atoms with Crippen LogP contribution in [-0.2, 0) is 4.74 Å². The van der Waals surface area contributed by atoms with Gasteiger partial charge in [0.15, 0.2) is 0 Å². The van der Waals surface area contributed by atoms with E-state index >= 15 is 0 Å². The first-order valence-electron chi connectivity index (χ1n) is 4.40. The standard InChI is InChI=1S/C8H18N2O/c9-5-6-11-8-3-1-7(10)2-4-8/h7-8H,1-6,9-10H2. The van der Waals surface area contributed by atoms with Crippen LogP contribution in [-0.4, -0.2) is 25.3 Å². The van der Waals surface area contributed by atoms with E-state index in [-0.39, 0.29) is 0 Å². The van der Waals surface area contributed by atoms with E-state index in [2.05, 4.69) is 0 Å². The van der Waals surface area contributed by atoms with E-state index in [1.54, 1.807) is 0 Å². The molecule has 1 saturated carbocycles. The number of nitrogens with two attached hydrogens (primary N) is 2. The Labute approximate surface area is 68.1 Å². The predicted molar refractivity (Wildman–Crippen MR) is 45.2 cm³/mol. The fourth-order valence-electron chi connectivity index (χ4n) is 1.49. The lowest BCUT2D eigenvalue weighted by atomic mass is 9.94. The molecule has 0 bridgehead atoms. The maximum atomic E-state index is 5.75. The average Bonchev–Trinajstić information content (AvgIpc) is 2.04. The molecule has 1 aliphatic rings. The minimum Gasteiger partial charge on any atom is -0.377 e. The Balaban J connectivity index is 2.07. The lowest BCUT2D eigenvalue weighted by molar-refractivity contribution is 0.0299. The summed E-state index contributed by atoms with van der Waals surface area (Å²) in [5.74, 6) is 0. The molecule has 0 radical (unpaired) electrons. The third kappa shape index (κ3) is 3.18. The molecule has 11 heavy (non-hydrogen) atoms. The van der Waals surface area contributed by atoms with Gasteiger partial charge in [0.1, 0.15) is 0 Å². The van der Waals surface area contributed by atoms with Crippen LogP contribution in [0, 0.1) is 0 Å². The van der Waals surface area contributed by atoms with Crippen LogP contribution in [0.4, 0.5) is 0 Å². The average molecular weight is 158 g/mol. The molecule has 0 unspecified atom stereocenters. The van der Waals surface area contributed by atoms with Crippen LogP contribution in [0.2, 0.25) is 0 Å². The summed E-state index contributed by atoms with van der Waals surface area (Å²) in [6, 6.07) is 0.410. The van der Waals surface area contributed by atoms with Crippen LogP contribution in [0.25, 0.3) is 0 Å². The largest absolute Gasteiger partial charge is 0.377 e. The van der Waals surface area contributed by atoms with Gasteiger partial charge in [0.05, 0.1) is 12.7 Å². The van der Waals surface area contributed by atoms with Crippen LogP contribution in [0.5, 0.6) is 0 Å². The molecule has 1 fully saturated rings. The SMILES string of the molecule is NCCOC1CCC(N)CC1. The highest BCUT2D eigenvalue weighted by Crippen LogP contribution is 2.19. The van der Waals surface area contributed by atoms with Gasteiger partial charge in [-0.3, -0.25) is 0 Å². The summed E-state index contributed by atoms with van der Waals surface area (Å²) < 4.78 is 5.50. The Morgan fingerprint density at radius 2 is 1.82 bits per heavy atom. The van der Waals surface area contributed by atoms with Crippen molar-refractivity contribution in [1.82, 2.24) is 0 Å². The highest BCUT2D eigenvalue weighted by atomic mass is 16.5. The molecule has 0 aromatic heterocycles. The summed E-state index contributed by atoms with van der Waals surface area (Å²) in [6.07, 6.45) is 4.87. The molecule has 0 spiro atoms. The first-order chi connectivity index (χ1) is 5.33. The molecule has 3 heteroatoms. The second-order valence-electron chi connectivity index (χ2n) is 3.20. The van der Waals surface area contributed by atoms with Crippen molar-refractivity contribution in [1.29, 1.82) is 0 Å². The third-order valence-electron chi connectivity index (χ3n) is 2.19. The molecule has 0 aliphatic heterocycles. The van der Waals surface area contributed by atoms with Crippen LogP contribution in [0.1, 0.15) is 25.7 Å². The lowest BCUT2D eigenvalue weighted by Gasteiger charge is -2.25. The summed E-state index contributed by atoms with van der Waals surface area (Å²) in [5.41, 5.74) is 11.1. The van der Waals surface area contributed by atoms with Gasteiger partial charge in [-0.2, -0.15) is 0 Å². The molecular weight excluding hydrogens is 140 g/mol. The lowest BCUT2D eigenvalue weighted by Crippen LogP contribution is -2.31. The van der Waals surface area contributed by atoms with Crippen molar-refractivity contribution in [2.45, 2.75) is 37.8 Å². The maximum absolute atomic E-state index is 5.75. The molecule has 0 aromatic carbocycles. The molecule has 1 aliphatic carbocycles. The van der Waals surface area contributed by atoms with Crippen molar-refractivity contribution >= 4 is 0 Å². The van der Waals surface area contributed by atoms with Gasteiger partial charge in [0, 0.05) is 12.6 Å². The molecular formula is C8H18N2O. The number of hydrogen-bond acceptors (Lipinski definition) is 3. The summed E-state index contributed by atoms with van der Waals surface area (Å²) in [5, 5.41) is 0. The van der Waals surface area contributed by atoms with E-state index in [0.29, 0.717) is 25.3 Å². The zero-order valence-corrected chi connectivity index (χ0v) is 6.96. The van der Waals surface area contributed by atoms with Crippen LogP contribution < -0.4 is 11.5 Å². The quantitative estimate of drug-likeness (QED) is 0.618. The van der Waals surface area contributed by atoms with E-state index in [4.69, 9.17) is 16.2 Å². The summed E-state index contributed by atoms with van der Waals surface area (Å²) in [4.78, 5) is 0. The zero-order valence-electron chi connectivity index (χ0n) is 6.96. The van der Waals surface area contributed by atoms with Crippen molar-refractivity contribution in [3.8, 4) is 0 Å². The van der Waals surface area contributed by atoms with Gasteiger partial charge < -0.3 is 16.2 Å². The molecule has 0 amide bonds. The van der Waals surface area contributed by atoms with Gasteiger partial charge in [-0.15, -0.1) is 0 Å². The smallest absolute Gasteiger partial charge is 0.0592 e. The van der Waals surface area contributed by atoms with E-state index in [1.807, 2.05) is 0 Å². The third-order valence-corrected chi connectivity index (χ3v) is 2.19. The van der Waals surface area contributed by atoms with Gasteiger partial charge in [0.25, 0.3) is 0 Å². The Morgan fingerprint density at radius 3 is 2.36 bits per heavy atom. The second-order valence-corrected chi connectivity index (χ2v) is 3.20. The molecule has 66 valence electrons. The normalized spacial score (nSPS) is 32.2. The van der Waals surface area contributed by atoms with Crippen LogP contribution in [0.15, 0.2) is 0 Å². The Morgan fingerprint density at radius 1 is 1.18 bits per heavy atom. The van der Waals surface area contributed by atoms with Crippen molar-refractivity contribution in [3.05, 3.63) is 0 Å². The zero-order chi connectivity index (χ0) is 8.10. The summed E-state index contributed by atoms with van der Waals surface area (Å²) in [6.45, 7) is 1.32. The van der Waals surface area contributed by atoms with Crippen molar-refractivity contribution in [3.63, 3.8) is 0 Å². The molecule has 0 atom stereocenters. The molecule has 3 nitrogen and oxygen atoms in total. The molecule has 1 rings (SSSR count). The minimum absolute atomic E-state index is 0.410. The highest BCUT2D eigenvalue weighted by molar-refractivity contribution is 4.74. The molecule has 0 saturated heterocycles. The topological polar surface area (TPSA) is 61.3 Å². The molecule has 4 N–H and O–H groups in total. The van der Waals surface area contributed by atoms with Gasteiger partial charge in [0.2, 0.25) is 0 Å². The number of hydrogen-bond donors (Lipinski definition) is 2. The van der Waals surface area contributed by atoms with Gasteiger partial charge in [-0.05, 0) is 25.7 Å². The van der Waals surface area contributed by atoms with Crippen molar-refractivity contribution < 1.29 is 4.74 Å². The molecule has 0 aromatic rings. The van der Waals surface area contributed by atoms with E-state index < -0.39 is 0 Å². The van der Waals surface area contributed by atoms with Crippen molar-refractivity contribution in [2.24, 2.45) is 11.5 Å². The monoisotopic (exact) mass is 158 g/mol. The first kappa shape index (κ1) is 8.97. The Kier molecular flexibility index (Phi) is 3.83.